The fourth-order valence-corrected chi connectivity index (χ4v) is 2.90. The molecule has 0 aliphatic heterocycles. The van der Waals surface area contributed by atoms with Gasteiger partial charge in [0, 0.05) is 24.5 Å². The van der Waals surface area contributed by atoms with Gasteiger partial charge in [-0.25, -0.2) is 0 Å². The number of hydrogen-bond acceptors (Lipinski definition) is 3. The summed E-state index contributed by atoms with van der Waals surface area (Å²) >= 11 is 0. The molecule has 1 aliphatic rings. The molecule has 0 aromatic rings. The molecular formula is C13H27N3O. The van der Waals surface area contributed by atoms with E-state index in [2.05, 4.69) is 11.8 Å². The summed E-state index contributed by atoms with van der Waals surface area (Å²) < 4.78 is 0. The van der Waals surface area contributed by atoms with E-state index in [9.17, 15) is 4.79 Å². The molecule has 1 atom stereocenters. The van der Waals surface area contributed by atoms with Gasteiger partial charge in [-0.15, -0.1) is 0 Å². The maximum absolute atomic E-state index is 11.2. The minimum atomic E-state index is -0.212. The summed E-state index contributed by atoms with van der Waals surface area (Å²) in [6.07, 6.45) is 5.92. The Labute approximate surface area is 105 Å². The standard InChI is InChI=1S/C13H27N3O/c1-3-8-16(9-11(2)12(15)17)13(10-14)6-4-5-7-13/h11H,3-10,14H2,1-2H3,(H2,15,17). The van der Waals surface area contributed by atoms with E-state index in [1.54, 1.807) is 0 Å². The van der Waals surface area contributed by atoms with Crippen LogP contribution in [0.15, 0.2) is 0 Å². The summed E-state index contributed by atoms with van der Waals surface area (Å²) in [5.41, 5.74) is 11.5. The first-order valence-electron chi connectivity index (χ1n) is 6.80. The van der Waals surface area contributed by atoms with Crippen molar-refractivity contribution in [2.24, 2.45) is 17.4 Å². The summed E-state index contributed by atoms with van der Waals surface area (Å²) in [4.78, 5) is 13.6. The monoisotopic (exact) mass is 241 g/mol. The minimum absolute atomic E-state index is 0.0921. The molecule has 1 aliphatic carbocycles. The van der Waals surface area contributed by atoms with Gasteiger partial charge in [0.05, 0.1) is 0 Å². The van der Waals surface area contributed by atoms with Crippen LogP contribution >= 0.6 is 0 Å². The highest BCUT2D eigenvalue weighted by Gasteiger charge is 2.38. The average Bonchev–Trinajstić information content (AvgIpc) is 2.78. The number of nitrogens with zero attached hydrogens (tertiary/aromatic N) is 1. The third-order valence-corrected chi connectivity index (χ3v) is 4.06. The van der Waals surface area contributed by atoms with Crippen LogP contribution in [-0.2, 0) is 4.79 Å². The Kier molecular flexibility index (Phi) is 5.40. The summed E-state index contributed by atoms with van der Waals surface area (Å²) in [5, 5.41) is 0. The molecule has 0 bridgehead atoms. The molecule has 1 fully saturated rings. The van der Waals surface area contributed by atoms with Crippen molar-refractivity contribution in [3.05, 3.63) is 0 Å². The molecule has 4 N–H and O–H groups in total. The van der Waals surface area contributed by atoms with Gasteiger partial charge in [0.15, 0.2) is 0 Å². The lowest BCUT2D eigenvalue weighted by Gasteiger charge is -2.41. The Bertz CT molecular complexity index is 249. The molecule has 100 valence electrons. The molecule has 0 heterocycles. The van der Waals surface area contributed by atoms with Gasteiger partial charge in [0.2, 0.25) is 5.91 Å². The Hall–Kier alpha value is -0.610. The van der Waals surface area contributed by atoms with Crippen molar-refractivity contribution in [1.29, 1.82) is 0 Å². The van der Waals surface area contributed by atoms with Gasteiger partial charge < -0.3 is 11.5 Å². The van der Waals surface area contributed by atoms with Crippen LogP contribution in [0.3, 0.4) is 0 Å². The molecular weight excluding hydrogens is 214 g/mol. The van der Waals surface area contributed by atoms with Gasteiger partial charge >= 0.3 is 0 Å². The zero-order valence-corrected chi connectivity index (χ0v) is 11.2. The second-order valence-corrected chi connectivity index (χ2v) is 5.39. The largest absolute Gasteiger partial charge is 0.369 e. The zero-order chi connectivity index (χ0) is 12.9. The van der Waals surface area contributed by atoms with Crippen LogP contribution in [-0.4, -0.2) is 36.0 Å². The zero-order valence-electron chi connectivity index (χ0n) is 11.2. The summed E-state index contributed by atoms with van der Waals surface area (Å²) in [5.74, 6) is -0.304. The Morgan fingerprint density at radius 3 is 2.41 bits per heavy atom. The number of primary amides is 1. The second kappa shape index (κ2) is 6.36. The normalized spacial score (nSPS) is 20.7. The van der Waals surface area contributed by atoms with Gasteiger partial charge in [0.25, 0.3) is 0 Å². The van der Waals surface area contributed by atoms with E-state index >= 15 is 0 Å². The fourth-order valence-electron chi connectivity index (χ4n) is 2.90. The first kappa shape index (κ1) is 14.5. The van der Waals surface area contributed by atoms with Crippen LogP contribution in [0.2, 0.25) is 0 Å². The topological polar surface area (TPSA) is 72.3 Å². The molecule has 0 aromatic heterocycles. The third-order valence-electron chi connectivity index (χ3n) is 4.06. The number of amides is 1. The van der Waals surface area contributed by atoms with Crippen molar-refractivity contribution < 1.29 is 4.79 Å². The van der Waals surface area contributed by atoms with Crippen LogP contribution in [0.4, 0.5) is 0 Å². The van der Waals surface area contributed by atoms with Gasteiger partial charge in [-0.2, -0.15) is 0 Å². The molecule has 1 saturated carbocycles. The maximum Gasteiger partial charge on any atom is 0.221 e. The van der Waals surface area contributed by atoms with E-state index in [4.69, 9.17) is 11.5 Å². The Morgan fingerprint density at radius 2 is 2.00 bits per heavy atom. The van der Waals surface area contributed by atoms with Crippen molar-refractivity contribution in [3.8, 4) is 0 Å². The van der Waals surface area contributed by atoms with Crippen LogP contribution in [0.5, 0.6) is 0 Å². The summed E-state index contributed by atoms with van der Waals surface area (Å²) in [7, 11) is 0. The van der Waals surface area contributed by atoms with E-state index in [1.165, 1.54) is 12.8 Å². The van der Waals surface area contributed by atoms with Gasteiger partial charge in [0.1, 0.15) is 0 Å². The first-order valence-corrected chi connectivity index (χ1v) is 6.80. The van der Waals surface area contributed by atoms with Crippen molar-refractivity contribution in [2.45, 2.75) is 51.5 Å². The Morgan fingerprint density at radius 1 is 1.41 bits per heavy atom. The van der Waals surface area contributed by atoms with Gasteiger partial charge in [-0.1, -0.05) is 26.7 Å². The highest BCUT2D eigenvalue weighted by molar-refractivity contribution is 5.76. The lowest BCUT2D eigenvalue weighted by molar-refractivity contribution is -0.122. The van der Waals surface area contributed by atoms with Crippen molar-refractivity contribution >= 4 is 5.91 Å². The summed E-state index contributed by atoms with van der Waals surface area (Å²) in [6, 6.07) is 0. The van der Waals surface area contributed by atoms with Crippen molar-refractivity contribution in [1.82, 2.24) is 4.90 Å². The number of hydrogen-bond donors (Lipinski definition) is 2. The number of carbonyl (C=O) groups is 1. The van der Waals surface area contributed by atoms with Gasteiger partial charge in [-0.3, -0.25) is 9.69 Å². The van der Waals surface area contributed by atoms with E-state index in [0.29, 0.717) is 6.54 Å². The highest BCUT2D eigenvalue weighted by atomic mass is 16.1. The van der Waals surface area contributed by atoms with E-state index in [-0.39, 0.29) is 17.4 Å². The number of nitrogens with two attached hydrogens (primary N) is 2. The molecule has 1 amide bonds. The average molecular weight is 241 g/mol. The molecule has 1 rings (SSSR count). The fraction of sp³-hybridized carbons (Fsp3) is 0.923. The molecule has 0 saturated heterocycles. The van der Waals surface area contributed by atoms with Crippen LogP contribution in [0, 0.1) is 5.92 Å². The maximum atomic E-state index is 11.2. The molecule has 0 aromatic carbocycles. The Balaban J connectivity index is 2.72. The van der Waals surface area contributed by atoms with E-state index in [0.717, 1.165) is 32.4 Å². The lowest BCUT2D eigenvalue weighted by Crippen LogP contribution is -2.54. The van der Waals surface area contributed by atoms with Crippen LogP contribution < -0.4 is 11.5 Å². The molecule has 17 heavy (non-hydrogen) atoms. The number of carbonyl (C=O) groups excluding carboxylic acids is 1. The molecule has 0 spiro atoms. The first-order chi connectivity index (χ1) is 8.05. The number of rotatable bonds is 7. The van der Waals surface area contributed by atoms with Crippen molar-refractivity contribution in [2.75, 3.05) is 19.6 Å². The van der Waals surface area contributed by atoms with Crippen LogP contribution in [0.25, 0.3) is 0 Å². The van der Waals surface area contributed by atoms with Crippen molar-refractivity contribution in [3.63, 3.8) is 0 Å². The molecule has 4 heteroatoms. The smallest absolute Gasteiger partial charge is 0.221 e. The SMILES string of the molecule is CCCN(CC(C)C(N)=O)C1(CN)CCCC1. The highest BCUT2D eigenvalue weighted by Crippen LogP contribution is 2.35. The van der Waals surface area contributed by atoms with Gasteiger partial charge in [-0.05, 0) is 25.8 Å². The van der Waals surface area contributed by atoms with E-state index < -0.39 is 0 Å². The quantitative estimate of drug-likeness (QED) is 0.701. The predicted molar refractivity (Wildman–Crippen MR) is 70.5 cm³/mol. The second-order valence-electron chi connectivity index (χ2n) is 5.39. The predicted octanol–water partition coefficient (Wildman–Crippen LogP) is 1.09. The third kappa shape index (κ3) is 3.42. The molecule has 1 unspecified atom stereocenters. The lowest BCUT2D eigenvalue weighted by atomic mass is 9.93. The summed E-state index contributed by atoms with van der Waals surface area (Å²) in [6.45, 7) is 6.53. The van der Waals surface area contributed by atoms with E-state index in [1.807, 2.05) is 6.92 Å². The molecule has 4 nitrogen and oxygen atoms in total. The molecule has 0 radical (unpaired) electrons. The minimum Gasteiger partial charge on any atom is -0.369 e. The van der Waals surface area contributed by atoms with Crippen LogP contribution in [0.1, 0.15) is 46.0 Å².